The molecule has 3 heterocycles. The predicted molar refractivity (Wildman–Crippen MR) is 124 cm³/mol. The molecule has 0 spiro atoms. The molecule has 9 heteroatoms. The highest BCUT2D eigenvalue weighted by atomic mass is 32.2. The third-order valence-electron chi connectivity index (χ3n) is 5.74. The van der Waals surface area contributed by atoms with Crippen LogP contribution in [0, 0.1) is 0 Å². The number of rotatable bonds is 7. The first kappa shape index (κ1) is 20.8. The van der Waals surface area contributed by atoms with Gasteiger partial charge in [-0.05, 0) is 43.6 Å². The van der Waals surface area contributed by atoms with Crippen molar-refractivity contribution in [2.75, 3.05) is 13.1 Å². The number of piperidine rings is 1. The van der Waals surface area contributed by atoms with Crippen LogP contribution in [0.5, 0.6) is 0 Å². The highest BCUT2D eigenvalue weighted by molar-refractivity contribution is 7.98. The number of benzene rings is 2. The molecule has 2 aromatic heterocycles. The molecule has 0 N–H and O–H groups in total. The largest absolute Gasteiger partial charge is 0.300 e. The summed E-state index contributed by atoms with van der Waals surface area (Å²) < 4.78 is 3.55. The SMILES string of the molecule is O=c1c2ccccc2nnn1CSc1nnc(CN2CCCCC2)n1Cc1ccccc1. The number of nitrogens with zero attached hydrogens (tertiary/aromatic N) is 7. The first-order valence-corrected chi connectivity index (χ1v) is 11.9. The summed E-state index contributed by atoms with van der Waals surface area (Å²) in [4.78, 5) is 15.2. The molecule has 0 atom stereocenters. The van der Waals surface area contributed by atoms with E-state index in [1.54, 1.807) is 12.1 Å². The normalized spacial score (nSPS) is 14.8. The van der Waals surface area contributed by atoms with Gasteiger partial charge in [-0.3, -0.25) is 9.69 Å². The summed E-state index contributed by atoms with van der Waals surface area (Å²) in [6.07, 6.45) is 3.77. The van der Waals surface area contributed by atoms with E-state index in [1.165, 1.54) is 41.3 Å². The minimum atomic E-state index is -0.147. The standard InChI is InChI=1S/C23H25N7OS/c31-22-19-11-5-6-12-20(19)24-27-30(22)17-32-23-26-25-21(16-28-13-7-2-8-14-28)29(23)15-18-9-3-1-4-10-18/h1,3-6,9-12H,2,7-8,13-17H2. The lowest BCUT2D eigenvalue weighted by Crippen LogP contribution is -2.30. The Morgan fingerprint density at radius 1 is 0.844 bits per heavy atom. The fourth-order valence-corrected chi connectivity index (χ4v) is 4.84. The van der Waals surface area contributed by atoms with Gasteiger partial charge in [0.05, 0.1) is 24.4 Å². The van der Waals surface area contributed by atoms with E-state index in [1.807, 2.05) is 30.3 Å². The Morgan fingerprint density at radius 3 is 2.47 bits per heavy atom. The van der Waals surface area contributed by atoms with Crippen LogP contribution in [0.2, 0.25) is 0 Å². The molecule has 0 amide bonds. The highest BCUT2D eigenvalue weighted by Gasteiger charge is 2.18. The molecule has 4 aromatic rings. The van der Waals surface area contributed by atoms with Gasteiger partial charge in [0.25, 0.3) is 5.56 Å². The van der Waals surface area contributed by atoms with Gasteiger partial charge in [0.1, 0.15) is 11.3 Å². The maximum atomic E-state index is 12.8. The molecule has 0 saturated carbocycles. The first-order valence-electron chi connectivity index (χ1n) is 10.9. The third kappa shape index (κ3) is 4.58. The van der Waals surface area contributed by atoms with Crippen molar-refractivity contribution in [2.45, 2.75) is 43.4 Å². The molecule has 32 heavy (non-hydrogen) atoms. The van der Waals surface area contributed by atoms with Crippen LogP contribution in [0.1, 0.15) is 30.7 Å². The van der Waals surface area contributed by atoms with Gasteiger partial charge in [0.15, 0.2) is 5.16 Å². The van der Waals surface area contributed by atoms with E-state index in [9.17, 15) is 4.79 Å². The van der Waals surface area contributed by atoms with Crippen molar-refractivity contribution < 1.29 is 0 Å². The Morgan fingerprint density at radius 2 is 1.62 bits per heavy atom. The van der Waals surface area contributed by atoms with Crippen molar-refractivity contribution in [1.29, 1.82) is 0 Å². The van der Waals surface area contributed by atoms with Gasteiger partial charge >= 0.3 is 0 Å². The zero-order valence-electron chi connectivity index (χ0n) is 17.8. The topological polar surface area (TPSA) is 81.7 Å². The Kier molecular flexibility index (Phi) is 6.27. The van der Waals surface area contributed by atoms with Gasteiger partial charge in [-0.1, -0.05) is 65.9 Å². The molecule has 5 rings (SSSR count). The molecular formula is C23H25N7OS. The van der Waals surface area contributed by atoms with Gasteiger partial charge in [0, 0.05) is 0 Å². The third-order valence-corrected chi connectivity index (χ3v) is 6.67. The Bertz CT molecular complexity index is 1250. The van der Waals surface area contributed by atoms with Crippen LogP contribution in [0.3, 0.4) is 0 Å². The van der Waals surface area contributed by atoms with Gasteiger partial charge in [-0.15, -0.1) is 15.3 Å². The average molecular weight is 448 g/mol. The molecule has 0 radical (unpaired) electrons. The van der Waals surface area contributed by atoms with E-state index in [4.69, 9.17) is 0 Å². The van der Waals surface area contributed by atoms with Crippen LogP contribution in [0.25, 0.3) is 10.9 Å². The lowest BCUT2D eigenvalue weighted by Gasteiger charge is -2.26. The van der Waals surface area contributed by atoms with E-state index >= 15 is 0 Å². The van der Waals surface area contributed by atoms with Gasteiger partial charge in [-0.25, -0.2) is 0 Å². The lowest BCUT2D eigenvalue weighted by atomic mass is 10.1. The second-order valence-electron chi connectivity index (χ2n) is 7.99. The van der Waals surface area contributed by atoms with Crippen LogP contribution in [-0.4, -0.2) is 47.7 Å². The highest BCUT2D eigenvalue weighted by Crippen LogP contribution is 2.22. The molecule has 1 fully saturated rings. The van der Waals surface area contributed by atoms with E-state index < -0.39 is 0 Å². The first-order chi connectivity index (χ1) is 15.8. The van der Waals surface area contributed by atoms with E-state index in [0.717, 1.165) is 30.6 Å². The van der Waals surface area contributed by atoms with Gasteiger partial charge < -0.3 is 4.57 Å². The smallest absolute Gasteiger partial charge is 0.278 e. The van der Waals surface area contributed by atoms with Crippen LogP contribution in [0.15, 0.2) is 64.5 Å². The Labute approximate surface area is 190 Å². The van der Waals surface area contributed by atoms with E-state index in [-0.39, 0.29) is 5.56 Å². The number of hydrogen-bond acceptors (Lipinski definition) is 7. The quantitative estimate of drug-likeness (QED) is 0.403. The fourth-order valence-electron chi connectivity index (χ4n) is 4.01. The van der Waals surface area contributed by atoms with Crippen molar-refractivity contribution in [3.63, 3.8) is 0 Å². The van der Waals surface area contributed by atoms with Crippen LogP contribution >= 0.6 is 11.8 Å². The summed E-state index contributed by atoms with van der Waals surface area (Å²) in [5, 5.41) is 18.6. The summed E-state index contributed by atoms with van der Waals surface area (Å²) >= 11 is 1.46. The number of aromatic nitrogens is 6. The molecule has 0 aliphatic carbocycles. The Balaban J connectivity index is 1.40. The zero-order chi connectivity index (χ0) is 21.8. The maximum absolute atomic E-state index is 12.8. The lowest BCUT2D eigenvalue weighted by molar-refractivity contribution is 0.213. The molecule has 1 aliphatic rings. The maximum Gasteiger partial charge on any atom is 0.278 e. The van der Waals surface area contributed by atoms with Crippen molar-refractivity contribution in [2.24, 2.45) is 0 Å². The monoisotopic (exact) mass is 447 g/mol. The molecule has 164 valence electrons. The molecule has 8 nitrogen and oxygen atoms in total. The van der Waals surface area contributed by atoms with E-state index in [2.05, 4.69) is 42.1 Å². The molecular weight excluding hydrogens is 422 g/mol. The van der Waals surface area contributed by atoms with Crippen molar-refractivity contribution in [3.05, 3.63) is 76.3 Å². The number of fused-ring (bicyclic) bond motifs is 1. The molecule has 2 aromatic carbocycles. The van der Waals surface area contributed by atoms with Crippen molar-refractivity contribution >= 4 is 22.7 Å². The number of likely N-dealkylation sites (tertiary alicyclic amines) is 1. The average Bonchev–Trinajstić information content (AvgIpc) is 3.21. The number of hydrogen-bond donors (Lipinski definition) is 0. The second kappa shape index (κ2) is 9.62. The van der Waals surface area contributed by atoms with Crippen LogP contribution in [0.4, 0.5) is 0 Å². The van der Waals surface area contributed by atoms with Crippen LogP contribution in [-0.2, 0) is 19.0 Å². The summed E-state index contributed by atoms with van der Waals surface area (Å²) in [7, 11) is 0. The van der Waals surface area contributed by atoms with Gasteiger partial charge in [-0.2, -0.15) is 4.68 Å². The van der Waals surface area contributed by atoms with Gasteiger partial charge in [0.2, 0.25) is 0 Å². The summed E-state index contributed by atoms with van der Waals surface area (Å²) in [5.41, 5.74) is 1.65. The summed E-state index contributed by atoms with van der Waals surface area (Å²) in [5.74, 6) is 1.28. The zero-order valence-corrected chi connectivity index (χ0v) is 18.6. The molecule has 0 bridgehead atoms. The minimum Gasteiger partial charge on any atom is -0.300 e. The summed E-state index contributed by atoms with van der Waals surface area (Å²) in [6.45, 7) is 3.68. The van der Waals surface area contributed by atoms with Crippen LogP contribution < -0.4 is 5.56 Å². The second-order valence-corrected chi connectivity index (χ2v) is 8.90. The van der Waals surface area contributed by atoms with Crippen molar-refractivity contribution in [1.82, 2.24) is 34.7 Å². The predicted octanol–water partition coefficient (Wildman–Crippen LogP) is 3.17. The fraction of sp³-hybridized carbons (Fsp3) is 0.348. The summed E-state index contributed by atoms with van der Waals surface area (Å²) in [6, 6.07) is 17.6. The molecule has 0 unspecified atom stereocenters. The minimum absolute atomic E-state index is 0.147. The Hall–Kier alpha value is -3.04. The molecule has 1 saturated heterocycles. The number of thioether (sulfide) groups is 1. The molecule has 1 aliphatic heterocycles. The van der Waals surface area contributed by atoms with E-state index in [0.29, 0.717) is 23.3 Å². The van der Waals surface area contributed by atoms with Crippen molar-refractivity contribution in [3.8, 4) is 0 Å².